The second-order valence-corrected chi connectivity index (χ2v) is 12.1. The van der Waals surface area contributed by atoms with Gasteiger partial charge in [-0.3, -0.25) is 9.09 Å². The Labute approximate surface area is 199 Å². The zero-order valence-corrected chi connectivity index (χ0v) is 21.3. The Morgan fingerprint density at radius 2 is 1.66 bits per heavy atom. The van der Waals surface area contributed by atoms with Crippen LogP contribution in [-0.2, 0) is 38.0 Å². The van der Waals surface area contributed by atoms with Crippen molar-refractivity contribution in [3.63, 3.8) is 0 Å². The zero-order valence-electron chi connectivity index (χ0n) is 18.6. The lowest BCUT2D eigenvalue weighted by Crippen LogP contribution is -2.36. The molecule has 3 unspecified atom stereocenters. The van der Waals surface area contributed by atoms with E-state index in [9.17, 15) is 33.6 Å². The smallest absolute Gasteiger partial charge is 0.387 e. The molecule has 202 valence electrons. The van der Waals surface area contributed by atoms with E-state index in [0.717, 1.165) is 36.7 Å². The van der Waals surface area contributed by atoms with Crippen molar-refractivity contribution in [1.82, 2.24) is 9.55 Å². The lowest BCUT2D eigenvalue weighted by atomic mass is 10.1. The Morgan fingerprint density at radius 1 is 1.00 bits per heavy atom. The number of phosphoric acid groups is 3. The number of hydrogen-bond donors (Lipinski definition) is 6. The predicted molar refractivity (Wildman–Crippen MR) is 117 cm³/mol. The summed E-state index contributed by atoms with van der Waals surface area (Å²) in [5.74, 6) is 0. The minimum Gasteiger partial charge on any atom is -0.387 e. The first-order valence-corrected chi connectivity index (χ1v) is 15.0. The van der Waals surface area contributed by atoms with Gasteiger partial charge in [-0.15, -0.1) is 0 Å². The number of aromatic nitrogens is 2. The Bertz CT molecular complexity index is 1040. The summed E-state index contributed by atoms with van der Waals surface area (Å²) in [7, 11) is -16.7. The highest BCUT2D eigenvalue weighted by Crippen LogP contribution is 2.66. The van der Waals surface area contributed by atoms with Crippen LogP contribution < -0.4 is 5.69 Å². The molecule has 6 atom stereocenters. The highest BCUT2D eigenvalue weighted by atomic mass is 31.3. The quantitative estimate of drug-likeness (QED) is 0.134. The standard InChI is InChI=1S/C16H29N2O14P3/c1-2-3-4-5-6-7-11-8-9-18(16(21)17-11)15-14(20)13(19)12(30-15)10-29-34(25,26)32-35(27,28)31-33(22,23)24/h8-9,12-15,19-20H,2-7,10H2,1H3,(H,25,26)(H,27,28)(H2,22,23,24)/t12-,13?,14+,15-/m1/s1. The van der Waals surface area contributed by atoms with Gasteiger partial charge in [0.15, 0.2) is 6.23 Å². The summed E-state index contributed by atoms with van der Waals surface area (Å²) in [5.41, 5.74) is -0.221. The number of unbranched alkanes of at least 4 members (excludes halogenated alkanes) is 4. The topological polar surface area (TPSA) is 244 Å². The summed E-state index contributed by atoms with van der Waals surface area (Å²) in [4.78, 5) is 52.1. The van der Waals surface area contributed by atoms with Crippen molar-refractivity contribution < 1.29 is 61.4 Å². The number of hydrogen-bond acceptors (Lipinski definition) is 11. The van der Waals surface area contributed by atoms with Gasteiger partial charge >= 0.3 is 29.2 Å². The molecule has 2 rings (SSSR count). The number of aliphatic hydroxyl groups excluding tert-OH is 2. The van der Waals surface area contributed by atoms with Gasteiger partial charge in [0.1, 0.15) is 18.3 Å². The number of aliphatic hydroxyl groups is 2. The van der Waals surface area contributed by atoms with Crippen molar-refractivity contribution in [3.8, 4) is 0 Å². The van der Waals surface area contributed by atoms with E-state index < -0.39 is 60.3 Å². The summed E-state index contributed by atoms with van der Waals surface area (Å²) in [6, 6.07) is 1.56. The van der Waals surface area contributed by atoms with E-state index in [2.05, 4.69) is 25.1 Å². The lowest BCUT2D eigenvalue weighted by molar-refractivity contribution is -0.0542. The van der Waals surface area contributed by atoms with Gasteiger partial charge in [-0.1, -0.05) is 32.6 Å². The second kappa shape index (κ2) is 12.6. The maximum absolute atomic E-state index is 12.4. The van der Waals surface area contributed by atoms with Gasteiger partial charge in [0.2, 0.25) is 0 Å². The third kappa shape index (κ3) is 9.86. The molecule has 1 aromatic rings. The molecular formula is C16H29N2O14P3. The van der Waals surface area contributed by atoms with Gasteiger partial charge in [-0.05, 0) is 18.9 Å². The summed E-state index contributed by atoms with van der Waals surface area (Å²) in [6.45, 7) is 1.11. The van der Waals surface area contributed by atoms with Crippen LogP contribution in [0, 0.1) is 0 Å². The Morgan fingerprint density at radius 3 is 2.26 bits per heavy atom. The van der Waals surface area contributed by atoms with Crippen LogP contribution in [0.2, 0.25) is 0 Å². The van der Waals surface area contributed by atoms with Gasteiger partial charge in [0.25, 0.3) is 0 Å². The van der Waals surface area contributed by atoms with Gasteiger partial charge in [-0.25, -0.2) is 18.5 Å². The molecule has 1 aliphatic heterocycles. The molecule has 2 heterocycles. The molecular weight excluding hydrogens is 537 g/mol. The largest absolute Gasteiger partial charge is 0.490 e. The minimum atomic E-state index is -5.72. The molecule has 1 aliphatic rings. The molecule has 19 heteroatoms. The Balaban J connectivity index is 1.98. The molecule has 0 radical (unpaired) electrons. The third-order valence-corrected chi connectivity index (χ3v) is 8.66. The van der Waals surface area contributed by atoms with Crippen molar-refractivity contribution in [2.45, 2.75) is 70.0 Å². The first-order valence-electron chi connectivity index (χ1n) is 10.5. The van der Waals surface area contributed by atoms with Crippen molar-refractivity contribution in [1.29, 1.82) is 0 Å². The van der Waals surface area contributed by atoms with Crippen LogP contribution in [0.5, 0.6) is 0 Å². The fourth-order valence-electron chi connectivity index (χ4n) is 3.26. The number of aryl methyl sites for hydroxylation is 1. The van der Waals surface area contributed by atoms with Crippen molar-refractivity contribution in [3.05, 3.63) is 28.4 Å². The van der Waals surface area contributed by atoms with Crippen molar-refractivity contribution >= 4 is 23.5 Å². The van der Waals surface area contributed by atoms with Crippen LogP contribution in [-0.4, -0.2) is 64.3 Å². The first kappa shape index (κ1) is 30.4. The highest BCUT2D eigenvalue weighted by molar-refractivity contribution is 7.66. The second-order valence-electron chi connectivity index (χ2n) is 7.71. The minimum absolute atomic E-state index is 0.542. The van der Waals surface area contributed by atoms with Crippen LogP contribution in [0.4, 0.5) is 0 Å². The Kier molecular flexibility index (Phi) is 11.0. The average molecular weight is 566 g/mol. The summed E-state index contributed by atoms with van der Waals surface area (Å²) in [5, 5.41) is 20.4. The van der Waals surface area contributed by atoms with Crippen LogP contribution in [0.15, 0.2) is 17.1 Å². The van der Waals surface area contributed by atoms with Crippen molar-refractivity contribution in [2.24, 2.45) is 0 Å². The molecule has 35 heavy (non-hydrogen) atoms. The fourth-order valence-corrected chi connectivity index (χ4v) is 6.29. The molecule has 0 amide bonds. The summed E-state index contributed by atoms with van der Waals surface area (Å²) < 4.78 is 51.7. The summed E-state index contributed by atoms with van der Waals surface area (Å²) >= 11 is 0. The molecule has 1 aromatic heterocycles. The monoisotopic (exact) mass is 566 g/mol. The van der Waals surface area contributed by atoms with Crippen LogP contribution in [0.1, 0.15) is 50.9 Å². The van der Waals surface area contributed by atoms with Gasteiger partial charge < -0.3 is 34.5 Å². The molecule has 16 nitrogen and oxygen atoms in total. The highest BCUT2D eigenvalue weighted by Gasteiger charge is 2.46. The normalized spacial score (nSPS) is 26.4. The number of nitrogens with zero attached hydrogens (tertiary/aromatic N) is 2. The van der Waals surface area contributed by atoms with Crippen LogP contribution >= 0.6 is 23.5 Å². The average Bonchev–Trinajstić information content (AvgIpc) is 2.98. The van der Waals surface area contributed by atoms with E-state index >= 15 is 0 Å². The fraction of sp³-hybridized carbons (Fsp3) is 0.750. The lowest BCUT2D eigenvalue weighted by Gasteiger charge is -2.19. The van der Waals surface area contributed by atoms with Crippen LogP contribution in [0.25, 0.3) is 0 Å². The van der Waals surface area contributed by atoms with E-state index in [-0.39, 0.29) is 0 Å². The van der Waals surface area contributed by atoms with E-state index in [1.807, 2.05) is 0 Å². The maximum atomic E-state index is 12.4. The molecule has 0 spiro atoms. The molecule has 0 saturated carbocycles. The van der Waals surface area contributed by atoms with E-state index in [1.165, 1.54) is 6.20 Å². The zero-order chi connectivity index (χ0) is 26.4. The van der Waals surface area contributed by atoms with E-state index in [4.69, 9.17) is 19.4 Å². The number of phosphoric ester groups is 1. The number of rotatable bonds is 14. The molecule has 0 bridgehead atoms. The SMILES string of the molecule is CCCCCCCc1ccn([C@@H]2O[C@H](COP(=O)(O)OP(=O)(O)OP(=O)(O)O)C(O)[C@@H]2O)c(=O)n1. The van der Waals surface area contributed by atoms with E-state index in [1.54, 1.807) is 6.07 Å². The van der Waals surface area contributed by atoms with Gasteiger partial charge in [0, 0.05) is 11.9 Å². The molecule has 1 saturated heterocycles. The van der Waals surface area contributed by atoms with E-state index in [0.29, 0.717) is 12.1 Å². The predicted octanol–water partition coefficient (Wildman–Crippen LogP) is 0.719. The first-order chi connectivity index (χ1) is 16.1. The molecule has 6 N–H and O–H groups in total. The van der Waals surface area contributed by atoms with Gasteiger partial charge in [-0.2, -0.15) is 13.6 Å². The van der Waals surface area contributed by atoms with Gasteiger partial charge in [0.05, 0.1) is 6.61 Å². The molecule has 0 aromatic carbocycles. The van der Waals surface area contributed by atoms with Crippen molar-refractivity contribution in [2.75, 3.05) is 6.61 Å². The maximum Gasteiger partial charge on any atom is 0.490 e. The number of ether oxygens (including phenoxy) is 1. The van der Waals surface area contributed by atoms with Crippen LogP contribution in [0.3, 0.4) is 0 Å². The summed E-state index contributed by atoms with van der Waals surface area (Å²) in [6.07, 6.45) is 0.706. The molecule has 0 aliphatic carbocycles. The molecule has 1 fully saturated rings. The Hall–Kier alpha value is -0.830. The third-order valence-electron chi connectivity index (χ3n) is 4.85.